The zero-order valence-corrected chi connectivity index (χ0v) is 11.1. The minimum absolute atomic E-state index is 0.333. The molecule has 1 heterocycles. The molecule has 1 atom stereocenters. The van der Waals surface area contributed by atoms with Gasteiger partial charge in [0, 0.05) is 23.2 Å². The summed E-state index contributed by atoms with van der Waals surface area (Å²) in [4.78, 5) is 4.49. The molecule has 0 saturated carbocycles. The van der Waals surface area contributed by atoms with E-state index < -0.39 is 0 Å². The molecule has 90 valence electrons. The Morgan fingerprint density at radius 2 is 2.06 bits per heavy atom. The van der Waals surface area contributed by atoms with E-state index >= 15 is 0 Å². The summed E-state index contributed by atoms with van der Waals surface area (Å²) in [6.45, 7) is 1.78. The third-order valence-electron chi connectivity index (χ3n) is 2.37. The van der Waals surface area contributed by atoms with Crippen LogP contribution in [0.2, 0.25) is 5.02 Å². The van der Waals surface area contributed by atoms with E-state index in [1.165, 1.54) is 5.56 Å². The van der Waals surface area contributed by atoms with Gasteiger partial charge in [-0.3, -0.25) is 0 Å². The van der Waals surface area contributed by atoms with Crippen LogP contribution >= 0.6 is 22.9 Å². The van der Waals surface area contributed by atoms with Crippen LogP contribution in [0, 0.1) is 0 Å². The molecule has 0 aliphatic rings. The van der Waals surface area contributed by atoms with Gasteiger partial charge in [0.25, 0.3) is 0 Å². The highest BCUT2D eigenvalue weighted by Gasteiger charge is 2.05. The summed E-state index contributed by atoms with van der Waals surface area (Å²) in [5, 5.41) is 13.1. The van der Waals surface area contributed by atoms with Crippen molar-refractivity contribution in [1.82, 2.24) is 4.98 Å². The normalized spacial score (nSPS) is 12.6. The first-order valence-corrected chi connectivity index (χ1v) is 6.75. The molecule has 1 aromatic heterocycles. The molecular formula is C13H14ClNOS. The Morgan fingerprint density at radius 3 is 2.71 bits per heavy atom. The van der Waals surface area contributed by atoms with Crippen LogP contribution in [0.3, 0.4) is 0 Å². The smallest absolute Gasteiger partial charge is 0.0972 e. The molecule has 0 spiro atoms. The van der Waals surface area contributed by atoms with Crippen LogP contribution in [-0.2, 0) is 12.8 Å². The average Bonchev–Trinajstić information content (AvgIpc) is 2.68. The highest BCUT2D eigenvalue weighted by atomic mass is 35.5. The lowest BCUT2D eigenvalue weighted by Gasteiger charge is -1.99. The molecular weight excluding hydrogens is 254 g/mol. The van der Waals surface area contributed by atoms with Crippen molar-refractivity contribution >= 4 is 22.9 Å². The second kappa shape index (κ2) is 5.63. The fourth-order valence-corrected chi connectivity index (χ4v) is 2.57. The van der Waals surface area contributed by atoms with E-state index in [1.54, 1.807) is 18.3 Å². The fourth-order valence-electron chi connectivity index (χ4n) is 1.60. The summed E-state index contributed by atoms with van der Waals surface area (Å²) >= 11 is 7.47. The minimum atomic E-state index is -0.333. The van der Waals surface area contributed by atoms with Crippen LogP contribution in [0.15, 0.2) is 29.6 Å². The number of rotatable bonds is 4. The monoisotopic (exact) mass is 267 g/mol. The third-order valence-corrected chi connectivity index (χ3v) is 3.52. The molecule has 0 radical (unpaired) electrons. The Labute approximate surface area is 110 Å². The Balaban J connectivity index is 2.03. The van der Waals surface area contributed by atoms with Crippen LogP contribution < -0.4 is 0 Å². The van der Waals surface area contributed by atoms with Crippen molar-refractivity contribution in [2.24, 2.45) is 0 Å². The number of nitrogens with zero attached hydrogens (tertiary/aromatic N) is 1. The molecule has 0 bridgehead atoms. The predicted octanol–water partition coefficient (Wildman–Crippen LogP) is 3.31. The molecule has 0 saturated heterocycles. The molecule has 17 heavy (non-hydrogen) atoms. The fraction of sp³-hybridized carbons (Fsp3) is 0.308. The summed E-state index contributed by atoms with van der Waals surface area (Å²) in [5.74, 6) is 0. The Kier molecular flexibility index (Phi) is 4.15. The molecule has 1 N–H and O–H groups in total. The molecule has 0 aliphatic heterocycles. The summed E-state index contributed by atoms with van der Waals surface area (Å²) in [7, 11) is 0. The van der Waals surface area contributed by atoms with Crippen molar-refractivity contribution in [2.75, 3.05) is 0 Å². The zero-order chi connectivity index (χ0) is 12.3. The number of hydrogen-bond donors (Lipinski definition) is 1. The molecule has 2 nitrogen and oxygen atoms in total. The third kappa shape index (κ3) is 3.80. The molecule has 2 aromatic rings. The molecule has 1 aromatic carbocycles. The minimum Gasteiger partial charge on any atom is -0.393 e. The Hall–Kier alpha value is -0.900. The van der Waals surface area contributed by atoms with E-state index in [0.29, 0.717) is 6.42 Å². The van der Waals surface area contributed by atoms with Gasteiger partial charge >= 0.3 is 0 Å². The molecule has 4 heteroatoms. The molecule has 0 fully saturated rings. The largest absolute Gasteiger partial charge is 0.393 e. The van der Waals surface area contributed by atoms with Crippen LogP contribution in [0.25, 0.3) is 0 Å². The second-order valence-electron chi connectivity index (χ2n) is 4.09. The number of hydrogen-bond acceptors (Lipinski definition) is 3. The van der Waals surface area contributed by atoms with Gasteiger partial charge in [-0.05, 0) is 24.6 Å². The van der Waals surface area contributed by atoms with Gasteiger partial charge in [-0.1, -0.05) is 23.7 Å². The predicted molar refractivity (Wildman–Crippen MR) is 71.8 cm³/mol. The van der Waals surface area contributed by atoms with Crippen LogP contribution in [0.1, 0.15) is 23.2 Å². The van der Waals surface area contributed by atoms with Gasteiger partial charge in [-0.15, -0.1) is 11.3 Å². The van der Waals surface area contributed by atoms with Crippen LogP contribution in [0.4, 0.5) is 0 Å². The van der Waals surface area contributed by atoms with E-state index in [4.69, 9.17) is 11.6 Å². The maximum absolute atomic E-state index is 9.29. The second-order valence-corrected chi connectivity index (χ2v) is 5.47. The van der Waals surface area contributed by atoms with Gasteiger partial charge in [-0.2, -0.15) is 0 Å². The van der Waals surface area contributed by atoms with Crippen molar-refractivity contribution < 1.29 is 5.11 Å². The first-order chi connectivity index (χ1) is 8.13. The first kappa shape index (κ1) is 12.6. The van der Waals surface area contributed by atoms with Gasteiger partial charge in [0.05, 0.1) is 16.8 Å². The maximum Gasteiger partial charge on any atom is 0.0972 e. The van der Waals surface area contributed by atoms with Crippen molar-refractivity contribution in [3.05, 3.63) is 50.9 Å². The van der Waals surface area contributed by atoms with E-state index in [1.807, 2.05) is 29.6 Å². The number of aliphatic hydroxyl groups is 1. The molecule has 1 unspecified atom stereocenters. The van der Waals surface area contributed by atoms with E-state index in [2.05, 4.69) is 4.98 Å². The number of thiazole rings is 1. The quantitative estimate of drug-likeness (QED) is 0.922. The van der Waals surface area contributed by atoms with E-state index in [9.17, 15) is 5.11 Å². The van der Waals surface area contributed by atoms with Crippen molar-refractivity contribution in [1.29, 1.82) is 0 Å². The number of halogens is 1. The SMILES string of the molecule is CC(O)Cc1csc(Cc2ccc(Cl)cc2)n1. The lowest BCUT2D eigenvalue weighted by molar-refractivity contribution is 0.194. The summed E-state index contributed by atoms with van der Waals surface area (Å²) in [5.41, 5.74) is 2.17. The average molecular weight is 268 g/mol. The Morgan fingerprint density at radius 1 is 1.35 bits per heavy atom. The summed E-state index contributed by atoms with van der Waals surface area (Å²) in [6.07, 6.45) is 1.11. The van der Waals surface area contributed by atoms with Gasteiger partial charge in [0.2, 0.25) is 0 Å². The topological polar surface area (TPSA) is 33.1 Å². The van der Waals surface area contributed by atoms with Gasteiger partial charge < -0.3 is 5.11 Å². The lowest BCUT2D eigenvalue weighted by atomic mass is 10.2. The number of benzene rings is 1. The highest BCUT2D eigenvalue weighted by molar-refractivity contribution is 7.09. The van der Waals surface area contributed by atoms with Crippen molar-refractivity contribution in [2.45, 2.75) is 25.9 Å². The van der Waals surface area contributed by atoms with Crippen LogP contribution in [0.5, 0.6) is 0 Å². The highest BCUT2D eigenvalue weighted by Crippen LogP contribution is 2.17. The zero-order valence-electron chi connectivity index (χ0n) is 9.56. The van der Waals surface area contributed by atoms with Gasteiger partial charge in [0.15, 0.2) is 0 Å². The van der Waals surface area contributed by atoms with E-state index in [0.717, 1.165) is 22.1 Å². The molecule has 0 amide bonds. The van der Waals surface area contributed by atoms with Crippen molar-refractivity contribution in [3.63, 3.8) is 0 Å². The van der Waals surface area contributed by atoms with Gasteiger partial charge in [-0.25, -0.2) is 4.98 Å². The summed E-state index contributed by atoms with van der Waals surface area (Å²) in [6, 6.07) is 7.80. The first-order valence-electron chi connectivity index (χ1n) is 5.49. The van der Waals surface area contributed by atoms with E-state index in [-0.39, 0.29) is 6.10 Å². The standard InChI is InChI=1S/C13H14ClNOS/c1-9(16)6-12-8-17-13(15-12)7-10-2-4-11(14)5-3-10/h2-5,8-9,16H,6-7H2,1H3. The van der Waals surface area contributed by atoms with Gasteiger partial charge in [0.1, 0.15) is 0 Å². The van der Waals surface area contributed by atoms with Crippen LogP contribution in [-0.4, -0.2) is 16.2 Å². The number of aromatic nitrogens is 1. The summed E-state index contributed by atoms with van der Waals surface area (Å²) < 4.78 is 0. The maximum atomic E-state index is 9.29. The molecule has 0 aliphatic carbocycles. The van der Waals surface area contributed by atoms with Crippen molar-refractivity contribution in [3.8, 4) is 0 Å². The molecule has 2 rings (SSSR count). The number of aliphatic hydroxyl groups excluding tert-OH is 1. The Bertz CT molecular complexity index is 478. The lowest BCUT2D eigenvalue weighted by Crippen LogP contribution is -2.04.